The molecule has 4 atom stereocenters. The van der Waals surface area contributed by atoms with Gasteiger partial charge in [0.1, 0.15) is 12.2 Å². The molecule has 0 aliphatic carbocycles. The van der Waals surface area contributed by atoms with Gasteiger partial charge in [-0.15, -0.1) is 0 Å². The molecule has 2 saturated heterocycles. The number of alkyl halides is 1. The highest BCUT2D eigenvalue weighted by atomic mass is 19.1. The monoisotopic (exact) mass is 521 g/mol. The number of likely N-dealkylation sites (tertiary alicyclic amines) is 2. The van der Waals surface area contributed by atoms with Crippen molar-refractivity contribution in [3.8, 4) is 0 Å². The van der Waals surface area contributed by atoms with Gasteiger partial charge in [0, 0.05) is 31.8 Å². The zero-order valence-corrected chi connectivity index (χ0v) is 23.0. The normalized spacial score (nSPS) is 24.7. The maximum atomic E-state index is 14.8. The SMILES string of the molecule is CC(=O)N1CCCC(C)(C(=O)N2C[C@H](F)C[C@H]2C(=O)N[C@@H](c2ccccc2)c2ccc(C(C)C)cc2)CC1. The smallest absolute Gasteiger partial charge is 0.243 e. The molecular formula is C31H40FN3O3. The Kier molecular flexibility index (Phi) is 8.54. The summed E-state index contributed by atoms with van der Waals surface area (Å²) in [6, 6.07) is 16.6. The van der Waals surface area contributed by atoms with Crippen molar-refractivity contribution in [1.29, 1.82) is 0 Å². The summed E-state index contributed by atoms with van der Waals surface area (Å²) in [5, 5.41) is 3.14. The number of nitrogens with zero attached hydrogens (tertiary/aromatic N) is 2. The third kappa shape index (κ3) is 6.08. The molecule has 2 aromatic carbocycles. The Labute approximate surface area is 225 Å². The zero-order valence-electron chi connectivity index (χ0n) is 23.0. The lowest BCUT2D eigenvalue weighted by molar-refractivity contribution is -0.147. The van der Waals surface area contributed by atoms with Gasteiger partial charge in [-0.3, -0.25) is 14.4 Å². The number of carbonyl (C=O) groups is 3. The minimum atomic E-state index is -1.25. The number of amides is 3. The van der Waals surface area contributed by atoms with E-state index >= 15 is 0 Å². The van der Waals surface area contributed by atoms with Crippen LogP contribution in [0.5, 0.6) is 0 Å². The highest BCUT2D eigenvalue weighted by Gasteiger charge is 2.47. The molecule has 0 aromatic heterocycles. The van der Waals surface area contributed by atoms with E-state index < -0.39 is 23.7 Å². The average Bonchev–Trinajstić information content (AvgIpc) is 3.18. The zero-order chi connectivity index (χ0) is 27.4. The van der Waals surface area contributed by atoms with Gasteiger partial charge < -0.3 is 15.1 Å². The molecule has 2 fully saturated rings. The summed E-state index contributed by atoms with van der Waals surface area (Å²) in [6.07, 6.45) is 0.543. The number of halogens is 1. The fourth-order valence-electron chi connectivity index (χ4n) is 5.73. The largest absolute Gasteiger partial charge is 0.343 e. The molecule has 3 amide bonds. The second-order valence-corrected chi connectivity index (χ2v) is 11.4. The minimum Gasteiger partial charge on any atom is -0.343 e. The van der Waals surface area contributed by atoms with Crippen molar-refractivity contribution in [2.75, 3.05) is 19.6 Å². The van der Waals surface area contributed by atoms with Gasteiger partial charge in [0.25, 0.3) is 0 Å². The van der Waals surface area contributed by atoms with Crippen LogP contribution < -0.4 is 5.32 Å². The maximum Gasteiger partial charge on any atom is 0.243 e. The summed E-state index contributed by atoms with van der Waals surface area (Å²) in [5.41, 5.74) is 2.32. The fourth-order valence-corrected chi connectivity index (χ4v) is 5.73. The van der Waals surface area contributed by atoms with Crippen LogP contribution in [0, 0.1) is 5.41 Å². The first-order valence-electron chi connectivity index (χ1n) is 13.7. The molecule has 1 unspecified atom stereocenters. The van der Waals surface area contributed by atoms with Crippen LogP contribution in [0.2, 0.25) is 0 Å². The Morgan fingerprint density at radius 1 is 0.947 bits per heavy atom. The van der Waals surface area contributed by atoms with E-state index in [1.54, 1.807) is 11.8 Å². The topological polar surface area (TPSA) is 69.7 Å². The molecule has 1 N–H and O–H groups in total. The summed E-state index contributed by atoms with van der Waals surface area (Å²) >= 11 is 0. The summed E-state index contributed by atoms with van der Waals surface area (Å²) in [5.74, 6) is -0.151. The van der Waals surface area contributed by atoms with Gasteiger partial charge in [-0.2, -0.15) is 0 Å². The highest BCUT2D eigenvalue weighted by Crippen LogP contribution is 2.36. The molecule has 7 heteroatoms. The molecule has 2 aliphatic rings. The summed E-state index contributed by atoms with van der Waals surface area (Å²) in [4.78, 5) is 42.6. The van der Waals surface area contributed by atoms with E-state index in [1.807, 2.05) is 49.4 Å². The van der Waals surface area contributed by atoms with Gasteiger partial charge in [-0.25, -0.2) is 4.39 Å². The third-order valence-electron chi connectivity index (χ3n) is 8.22. The first-order valence-corrected chi connectivity index (χ1v) is 13.7. The maximum absolute atomic E-state index is 14.8. The van der Waals surface area contributed by atoms with E-state index in [1.165, 1.54) is 10.5 Å². The van der Waals surface area contributed by atoms with Crippen molar-refractivity contribution in [1.82, 2.24) is 15.1 Å². The van der Waals surface area contributed by atoms with Gasteiger partial charge >= 0.3 is 0 Å². The molecule has 2 aliphatic heterocycles. The van der Waals surface area contributed by atoms with Crippen LogP contribution >= 0.6 is 0 Å². The lowest BCUT2D eigenvalue weighted by Crippen LogP contribution is -2.51. The van der Waals surface area contributed by atoms with Crippen molar-refractivity contribution in [2.45, 2.75) is 77.6 Å². The Bertz CT molecular complexity index is 1140. The van der Waals surface area contributed by atoms with Crippen molar-refractivity contribution >= 4 is 17.7 Å². The number of benzene rings is 2. The molecule has 2 aromatic rings. The quantitative estimate of drug-likeness (QED) is 0.582. The first kappa shape index (κ1) is 27.8. The second kappa shape index (κ2) is 11.7. The second-order valence-electron chi connectivity index (χ2n) is 11.4. The lowest BCUT2D eigenvalue weighted by Gasteiger charge is -2.35. The van der Waals surface area contributed by atoms with E-state index in [9.17, 15) is 18.8 Å². The number of nitrogens with one attached hydrogen (secondary N) is 1. The van der Waals surface area contributed by atoms with E-state index in [0.29, 0.717) is 38.3 Å². The minimum absolute atomic E-state index is 0.00247. The molecule has 2 heterocycles. The Balaban J connectivity index is 1.56. The van der Waals surface area contributed by atoms with Gasteiger partial charge in [0.15, 0.2) is 0 Å². The Morgan fingerprint density at radius 2 is 1.58 bits per heavy atom. The van der Waals surface area contributed by atoms with E-state index in [2.05, 4.69) is 31.3 Å². The molecule has 0 bridgehead atoms. The van der Waals surface area contributed by atoms with Crippen LogP contribution in [0.25, 0.3) is 0 Å². The van der Waals surface area contributed by atoms with Crippen LogP contribution in [0.3, 0.4) is 0 Å². The molecular weight excluding hydrogens is 481 g/mol. The highest BCUT2D eigenvalue weighted by molar-refractivity contribution is 5.91. The fraction of sp³-hybridized carbons (Fsp3) is 0.516. The van der Waals surface area contributed by atoms with Crippen LogP contribution in [0.15, 0.2) is 54.6 Å². The van der Waals surface area contributed by atoms with Crippen LogP contribution in [0.4, 0.5) is 4.39 Å². The molecule has 4 rings (SSSR count). The number of rotatable bonds is 6. The molecule has 38 heavy (non-hydrogen) atoms. The third-order valence-corrected chi connectivity index (χ3v) is 8.22. The predicted octanol–water partition coefficient (Wildman–Crippen LogP) is 4.99. The number of hydrogen-bond donors (Lipinski definition) is 1. The van der Waals surface area contributed by atoms with Crippen LogP contribution in [0.1, 0.15) is 82.0 Å². The summed E-state index contributed by atoms with van der Waals surface area (Å²) in [7, 11) is 0. The predicted molar refractivity (Wildman–Crippen MR) is 146 cm³/mol. The molecule has 0 radical (unpaired) electrons. The summed E-state index contributed by atoms with van der Waals surface area (Å²) in [6.45, 7) is 8.73. The Morgan fingerprint density at radius 3 is 2.21 bits per heavy atom. The lowest BCUT2D eigenvalue weighted by atomic mass is 9.81. The summed E-state index contributed by atoms with van der Waals surface area (Å²) < 4.78 is 14.8. The van der Waals surface area contributed by atoms with Crippen molar-refractivity contribution < 1.29 is 18.8 Å². The van der Waals surface area contributed by atoms with Gasteiger partial charge in [0.2, 0.25) is 17.7 Å². The Hall–Kier alpha value is -3.22. The number of carbonyl (C=O) groups excluding carboxylic acids is 3. The average molecular weight is 522 g/mol. The van der Waals surface area contributed by atoms with Crippen LogP contribution in [-0.4, -0.2) is 59.4 Å². The van der Waals surface area contributed by atoms with Crippen molar-refractivity contribution in [3.05, 3.63) is 71.3 Å². The molecule has 204 valence electrons. The van der Waals surface area contributed by atoms with Gasteiger partial charge in [-0.05, 0) is 41.9 Å². The standard InChI is InChI=1S/C31H40FN3O3/c1-21(2)23-11-13-25(14-12-23)28(24-9-6-5-7-10-24)33-29(37)27-19-26(32)20-35(27)30(38)31(4)15-8-17-34(18-16-31)22(3)36/h5-7,9-14,21,26-28H,8,15-20H2,1-4H3,(H,33,37)/t26-,27+,28+,31?/m1/s1. The van der Waals surface area contributed by atoms with Crippen molar-refractivity contribution in [2.24, 2.45) is 5.41 Å². The number of hydrogen-bond acceptors (Lipinski definition) is 3. The van der Waals surface area contributed by atoms with Gasteiger partial charge in [-0.1, -0.05) is 75.4 Å². The molecule has 0 spiro atoms. The van der Waals surface area contributed by atoms with E-state index in [-0.39, 0.29) is 30.7 Å². The molecule has 6 nitrogen and oxygen atoms in total. The van der Waals surface area contributed by atoms with Crippen molar-refractivity contribution in [3.63, 3.8) is 0 Å². The van der Waals surface area contributed by atoms with E-state index in [0.717, 1.165) is 11.1 Å². The van der Waals surface area contributed by atoms with Gasteiger partial charge in [0.05, 0.1) is 12.6 Å². The van der Waals surface area contributed by atoms with Crippen LogP contribution in [-0.2, 0) is 14.4 Å². The molecule has 0 saturated carbocycles. The van der Waals surface area contributed by atoms with E-state index in [4.69, 9.17) is 0 Å². The first-order chi connectivity index (χ1) is 18.1.